The number of likely N-dealkylation sites (tertiary alicyclic amines) is 1. The second-order valence-corrected chi connectivity index (χ2v) is 8.82. The largest absolute Gasteiger partial charge is 0.504 e. The molecular formula is C19H21BINO7. The monoisotopic (exact) mass is 513 g/mol. The first kappa shape index (κ1) is 20.6. The van der Waals surface area contributed by atoms with Gasteiger partial charge in [0.2, 0.25) is 11.8 Å². The topological polar surface area (TPSA) is 117 Å². The number of phenols is 1. The molecule has 0 radical (unpaired) electrons. The average molecular weight is 513 g/mol. The molecule has 2 heterocycles. The lowest BCUT2D eigenvalue weighted by atomic mass is 9.55. The van der Waals surface area contributed by atoms with E-state index < -0.39 is 31.0 Å². The van der Waals surface area contributed by atoms with Crippen molar-refractivity contribution in [2.45, 2.75) is 18.9 Å². The summed E-state index contributed by atoms with van der Waals surface area (Å²) < 4.78 is 11.6. The van der Waals surface area contributed by atoms with Gasteiger partial charge in [-0.15, -0.1) is 0 Å². The molecule has 8 nitrogen and oxygen atoms in total. The molecule has 3 N–H and O–H groups in total. The van der Waals surface area contributed by atoms with E-state index in [1.807, 2.05) is 22.6 Å². The van der Waals surface area contributed by atoms with Crippen LogP contribution in [0.2, 0.25) is 0 Å². The number of allylic oxidation sites excluding steroid dienone is 1. The molecule has 3 aliphatic rings. The van der Waals surface area contributed by atoms with E-state index >= 15 is 0 Å². The molecule has 29 heavy (non-hydrogen) atoms. The van der Waals surface area contributed by atoms with Crippen LogP contribution in [0.4, 0.5) is 0 Å². The SMILES string of the molecule is COc1cc([C@@H]2C[C@@H]3C(=C(CO)C[C@@H]4C(=O)N(C)C(=O)[C@@H]43)B(O)O2)cc(I)c1O. The third kappa shape index (κ3) is 3.16. The number of amides is 2. The van der Waals surface area contributed by atoms with Crippen molar-refractivity contribution >= 4 is 41.5 Å². The highest BCUT2D eigenvalue weighted by Crippen LogP contribution is 2.51. The van der Waals surface area contributed by atoms with Gasteiger partial charge in [-0.3, -0.25) is 14.5 Å². The molecule has 154 valence electrons. The maximum atomic E-state index is 12.8. The molecule has 2 amide bonds. The standard InChI is InChI=1S/C19H21BINO7/c1-22-18(25)11-3-9(7-23)16-10(15(11)19(22)26)6-13(29-20(16)27)8-4-12(21)17(24)14(5-8)28-2/h4-5,10-11,13,15,23-24,27H,3,6-7H2,1-2H3/t10-,11-,13-,15+/m0/s1. The van der Waals surface area contributed by atoms with Crippen LogP contribution in [0.1, 0.15) is 24.5 Å². The molecule has 0 saturated carbocycles. The maximum absolute atomic E-state index is 12.8. The molecule has 1 aliphatic carbocycles. The third-order valence-electron chi connectivity index (χ3n) is 6.27. The quantitative estimate of drug-likeness (QED) is 0.314. The van der Waals surface area contributed by atoms with Gasteiger partial charge in [-0.1, -0.05) is 0 Å². The number of ether oxygens (including phenoxy) is 1. The fraction of sp³-hybridized carbons (Fsp3) is 0.474. The van der Waals surface area contributed by atoms with Gasteiger partial charge >= 0.3 is 7.12 Å². The van der Waals surface area contributed by atoms with Gasteiger partial charge in [0.05, 0.1) is 35.2 Å². The number of nitrogens with zero attached hydrogens (tertiary/aromatic N) is 1. The number of phenolic OH excluding ortho intramolecular Hbond substituents is 1. The number of carbonyl (C=O) groups is 2. The van der Waals surface area contributed by atoms with Gasteiger partial charge in [0, 0.05) is 7.05 Å². The molecular weight excluding hydrogens is 492 g/mol. The summed E-state index contributed by atoms with van der Waals surface area (Å²) in [6, 6.07) is 3.39. The number of aliphatic hydroxyl groups is 1. The van der Waals surface area contributed by atoms with E-state index in [4.69, 9.17) is 9.39 Å². The van der Waals surface area contributed by atoms with Crippen LogP contribution in [0.3, 0.4) is 0 Å². The van der Waals surface area contributed by atoms with Crippen molar-refractivity contribution in [1.82, 2.24) is 4.90 Å². The third-order valence-corrected chi connectivity index (χ3v) is 7.09. The number of methoxy groups -OCH3 is 1. The van der Waals surface area contributed by atoms with Crippen molar-refractivity contribution in [2.24, 2.45) is 17.8 Å². The molecule has 1 aromatic carbocycles. The summed E-state index contributed by atoms with van der Waals surface area (Å²) in [5.74, 6) is -1.71. The van der Waals surface area contributed by atoms with E-state index in [1.54, 1.807) is 12.1 Å². The van der Waals surface area contributed by atoms with Crippen molar-refractivity contribution in [2.75, 3.05) is 20.8 Å². The zero-order valence-electron chi connectivity index (χ0n) is 16.0. The van der Waals surface area contributed by atoms with Gasteiger partial charge in [0.1, 0.15) is 0 Å². The van der Waals surface area contributed by atoms with Crippen LogP contribution in [0.5, 0.6) is 11.5 Å². The summed E-state index contributed by atoms with van der Waals surface area (Å²) >= 11 is 1.98. The lowest BCUT2D eigenvalue weighted by Gasteiger charge is -2.42. The first-order chi connectivity index (χ1) is 13.8. The van der Waals surface area contributed by atoms with Gasteiger partial charge in [-0.2, -0.15) is 0 Å². The number of hydrogen-bond donors (Lipinski definition) is 3. The minimum absolute atomic E-state index is 0.0206. The number of rotatable bonds is 3. The Bertz CT molecular complexity index is 920. The van der Waals surface area contributed by atoms with Crippen LogP contribution in [-0.2, 0) is 14.2 Å². The van der Waals surface area contributed by atoms with Crippen molar-refractivity contribution in [3.05, 3.63) is 32.3 Å². The van der Waals surface area contributed by atoms with Crippen LogP contribution in [0.15, 0.2) is 23.2 Å². The molecule has 0 unspecified atom stereocenters. The number of fused-ring (bicyclic) bond motifs is 3. The van der Waals surface area contributed by atoms with Gasteiger partial charge < -0.3 is 24.6 Å². The fourth-order valence-electron chi connectivity index (χ4n) is 4.86. The maximum Gasteiger partial charge on any atom is 0.487 e. The van der Waals surface area contributed by atoms with E-state index in [0.29, 0.717) is 26.6 Å². The van der Waals surface area contributed by atoms with Crippen LogP contribution < -0.4 is 4.74 Å². The van der Waals surface area contributed by atoms with Gasteiger partial charge in [-0.05, 0) is 70.1 Å². The second-order valence-electron chi connectivity index (χ2n) is 7.66. The molecule has 10 heteroatoms. The van der Waals surface area contributed by atoms with Gasteiger partial charge in [0.25, 0.3) is 0 Å². The van der Waals surface area contributed by atoms with E-state index in [2.05, 4.69) is 0 Å². The van der Waals surface area contributed by atoms with E-state index in [-0.39, 0.29) is 36.3 Å². The van der Waals surface area contributed by atoms with Crippen molar-refractivity contribution in [3.8, 4) is 11.5 Å². The van der Waals surface area contributed by atoms with Crippen LogP contribution in [0, 0.1) is 21.3 Å². The Balaban J connectivity index is 1.75. The first-order valence-electron chi connectivity index (χ1n) is 9.32. The lowest BCUT2D eigenvalue weighted by Crippen LogP contribution is -2.45. The molecule has 0 aromatic heterocycles. The number of aromatic hydroxyl groups is 1. The molecule has 4 rings (SSSR count). The van der Waals surface area contributed by atoms with Gasteiger partial charge in [0.15, 0.2) is 11.5 Å². The van der Waals surface area contributed by atoms with E-state index in [0.717, 1.165) is 4.90 Å². The Kier molecular flexibility index (Phi) is 5.39. The van der Waals surface area contributed by atoms with E-state index in [9.17, 15) is 24.8 Å². The summed E-state index contributed by atoms with van der Waals surface area (Å²) in [4.78, 5) is 26.5. The number of imide groups is 1. The molecule has 0 spiro atoms. The lowest BCUT2D eigenvalue weighted by molar-refractivity contribution is -0.138. The number of halogens is 1. The molecule has 2 saturated heterocycles. The zero-order valence-corrected chi connectivity index (χ0v) is 18.1. The van der Waals surface area contributed by atoms with Crippen LogP contribution in [0.25, 0.3) is 0 Å². The molecule has 2 fully saturated rings. The molecule has 4 atom stereocenters. The molecule has 0 bridgehead atoms. The van der Waals surface area contributed by atoms with Crippen molar-refractivity contribution in [1.29, 1.82) is 0 Å². The Morgan fingerprint density at radius 2 is 2.03 bits per heavy atom. The first-order valence-corrected chi connectivity index (χ1v) is 10.4. The summed E-state index contributed by atoms with van der Waals surface area (Å²) in [5, 5.41) is 30.7. The highest BCUT2D eigenvalue weighted by Gasteiger charge is 2.56. The minimum Gasteiger partial charge on any atom is -0.504 e. The van der Waals surface area contributed by atoms with Gasteiger partial charge in [-0.25, -0.2) is 0 Å². The zero-order chi connectivity index (χ0) is 21.0. The minimum atomic E-state index is -1.28. The second kappa shape index (κ2) is 7.57. The molecule has 1 aromatic rings. The average Bonchev–Trinajstić information content (AvgIpc) is 2.93. The predicted molar refractivity (Wildman–Crippen MR) is 111 cm³/mol. The number of benzene rings is 1. The fourth-order valence-corrected chi connectivity index (χ4v) is 5.49. The summed E-state index contributed by atoms with van der Waals surface area (Å²) in [6.45, 7) is -0.295. The highest BCUT2D eigenvalue weighted by atomic mass is 127. The van der Waals surface area contributed by atoms with Crippen LogP contribution >= 0.6 is 22.6 Å². The summed E-state index contributed by atoms with van der Waals surface area (Å²) in [5.41, 5.74) is 1.78. The number of aliphatic hydroxyl groups excluding tert-OH is 1. The summed E-state index contributed by atoms with van der Waals surface area (Å²) in [6.07, 6.45) is 0.0561. The van der Waals surface area contributed by atoms with E-state index in [1.165, 1.54) is 14.2 Å². The van der Waals surface area contributed by atoms with Crippen molar-refractivity contribution in [3.63, 3.8) is 0 Å². The number of carbonyl (C=O) groups excluding carboxylic acids is 2. The van der Waals surface area contributed by atoms with Crippen LogP contribution in [-0.4, -0.2) is 59.8 Å². The number of hydrogen-bond acceptors (Lipinski definition) is 7. The highest BCUT2D eigenvalue weighted by molar-refractivity contribution is 14.1. The summed E-state index contributed by atoms with van der Waals surface area (Å²) in [7, 11) is 1.64. The van der Waals surface area contributed by atoms with Crippen molar-refractivity contribution < 1.29 is 34.2 Å². The molecule has 2 aliphatic heterocycles. The normalized spacial score (nSPS) is 29.3. The Hall–Kier alpha value is -1.63. The smallest absolute Gasteiger partial charge is 0.487 e. The Labute approximate surface area is 181 Å². The predicted octanol–water partition coefficient (Wildman–Crippen LogP) is 1.03. The Morgan fingerprint density at radius 3 is 2.69 bits per heavy atom. The Morgan fingerprint density at radius 1 is 1.31 bits per heavy atom.